The highest BCUT2D eigenvalue weighted by molar-refractivity contribution is 9.11. The van der Waals surface area contributed by atoms with Gasteiger partial charge in [-0.25, -0.2) is 9.59 Å². The van der Waals surface area contributed by atoms with Crippen molar-refractivity contribution in [3.8, 4) is 0 Å². The molecule has 1 aromatic rings. The fourth-order valence-corrected chi connectivity index (χ4v) is 3.41. The second-order valence-electron chi connectivity index (χ2n) is 4.31. The van der Waals surface area contributed by atoms with E-state index in [0.717, 1.165) is 15.1 Å². The largest absolute Gasteiger partial charge is 0.480 e. The molecule has 1 aromatic heterocycles. The van der Waals surface area contributed by atoms with Crippen LogP contribution in [-0.4, -0.2) is 54.4 Å². The zero-order chi connectivity index (χ0) is 14.5. The Labute approximate surface area is 128 Å². The average Bonchev–Trinajstić information content (AvgIpc) is 2.84. The van der Waals surface area contributed by atoms with Gasteiger partial charge in [-0.05, 0) is 34.5 Å². The number of carboxylic acid groups (broad SMARTS) is 1. The van der Waals surface area contributed by atoms with Gasteiger partial charge in [-0.15, -0.1) is 11.3 Å². The number of carbonyl (C=O) groups is 2. The normalized spacial score (nSPS) is 18.9. The number of carboxylic acids is 1. The van der Waals surface area contributed by atoms with Gasteiger partial charge in [0, 0.05) is 18.0 Å². The fourth-order valence-electron chi connectivity index (χ4n) is 1.93. The zero-order valence-electron chi connectivity index (χ0n) is 10.7. The first kappa shape index (κ1) is 15.3. The highest BCUT2D eigenvalue weighted by Gasteiger charge is 2.32. The molecule has 8 heteroatoms. The molecule has 1 saturated heterocycles. The summed E-state index contributed by atoms with van der Waals surface area (Å²) in [6.07, 6.45) is 0.726. The van der Waals surface area contributed by atoms with Crippen LogP contribution in [0, 0.1) is 0 Å². The van der Waals surface area contributed by atoms with Crippen LogP contribution >= 0.6 is 27.3 Å². The highest BCUT2D eigenvalue weighted by Crippen LogP contribution is 2.22. The lowest BCUT2D eigenvalue weighted by molar-refractivity contribution is -0.147. The molecule has 0 saturated carbocycles. The number of ether oxygens (including phenoxy) is 1. The molecule has 1 unspecified atom stereocenters. The Morgan fingerprint density at radius 3 is 3.00 bits per heavy atom. The molecule has 1 atom stereocenters. The van der Waals surface area contributed by atoms with Crippen molar-refractivity contribution in [2.45, 2.75) is 12.5 Å². The molecule has 2 amide bonds. The van der Waals surface area contributed by atoms with E-state index in [0.29, 0.717) is 19.7 Å². The molecule has 2 N–H and O–H groups in total. The molecule has 1 aliphatic rings. The van der Waals surface area contributed by atoms with Crippen molar-refractivity contribution >= 4 is 39.3 Å². The van der Waals surface area contributed by atoms with E-state index in [9.17, 15) is 9.59 Å². The number of hydrogen-bond donors (Lipinski definition) is 2. The van der Waals surface area contributed by atoms with Crippen molar-refractivity contribution in [3.63, 3.8) is 0 Å². The number of halogens is 1. The quantitative estimate of drug-likeness (QED) is 0.851. The lowest BCUT2D eigenvalue weighted by Gasteiger charge is -2.32. The molecule has 1 aliphatic heterocycles. The van der Waals surface area contributed by atoms with Gasteiger partial charge in [0.05, 0.1) is 17.0 Å². The van der Waals surface area contributed by atoms with E-state index in [1.807, 2.05) is 12.1 Å². The van der Waals surface area contributed by atoms with Gasteiger partial charge in [0.15, 0.2) is 6.04 Å². The SMILES string of the molecule is O=C(O)C1COCCN1C(=O)NCCc1ccc(Br)s1. The summed E-state index contributed by atoms with van der Waals surface area (Å²) in [5.41, 5.74) is 0. The zero-order valence-corrected chi connectivity index (χ0v) is 13.1. The van der Waals surface area contributed by atoms with E-state index in [-0.39, 0.29) is 12.6 Å². The smallest absolute Gasteiger partial charge is 0.328 e. The van der Waals surface area contributed by atoms with E-state index in [1.54, 1.807) is 11.3 Å². The molecule has 2 heterocycles. The minimum atomic E-state index is -1.04. The van der Waals surface area contributed by atoms with Crippen molar-refractivity contribution in [2.75, 3.05) is 26.3 Å². The fraction of sp³-hybridized carbons (Fsp3) is 0.500. The Balaban J connectivity index is 1.82. The molecule has 20 heavy (non-hydrogen) atoms. The van der Waals surface area contributed by atoms with Crippen LogP contribution in [-0.2, 0) is 16.0 Å². The number of amides is 2. The van der Waals surface area contributed by atoms with Crippen molar-refractivity contribution < 1.29 is 19.4 Å². The number of morpholine rings is 1. The standard InChI is InChI=1S/C12H15BrN2O4S/c13-10-2-1-8(20-10)3-4-14-12(18)15-5-6-19-7-9(15)11(16)17/h1-2,9H,3-7H2,(H,14,18)(H,16,17). The number of rotatable bonds is 4. The summed E-state index contributed by atoms with van der Waals surface area (Å²) < 4.78 is 6.15. The minimum absolute atomic E-state index is 0.0423. The minimum Gasteiger partial charge on any atom is -0.480 e. The third kappa shape index (κ3) is 3.94. The van der Waals surface area contributed by atoms with Gasteiger partial charge in [0.25, 0.3) is 0 Å². The Bertz CT molecular complexity index is 494. The summed E-state index contributed by atoms with van der Waals surface area (Å²) in [4.78, 5) is 25.5. The maximum atomic E-state index is 12.0. The van der Waals surface area contributed by atoms with Crippen LogP contribution in [0.25, 0.3) is 0 Å². The van der Waals surface area contributed by atoms with Crippen LogP contribution in [0.4, 0.5) is 4.79 Å². The maximum Gasteiger partial charge on any atom is 0.328 e. The first-order chi connectivity index (χ1) is 9.58. The van der Waals surface area contributed by atoms with Gasteiger partial charge in [0.2, 0.25) is 0 Å². The number of hydrogen-bond acceptors (Lipinski definition) is 4. The predicted octanol–water partition coefficient (Wildman–Crippen LogP) is 1.55. The molecule has 0 radical (unpaired) electrons. The molecule has 110 valence electrons. The van der Waals surface area contributed by atoms with Crippen LogP contribution in [0.1, 0.15) is 4.88 Å². The number of thiophene rings is 1. The van der Waals surface area contributed by atoms with Gasteiger partial charge < -0.3 is 20.1 Å². The van der Waals surface area contributed by atoms with Crippen molar-refractivity contribution in [3.05, 3.63) is 20.8 Å². The Morgan fingerprint density at radius 2 is 2.35 bits per heavy atom. The van der Waals surface area contributed by atoms with E-state index >= 15 is 0 Å². The maximum absolute atomic E-state index is 12.0. The first-order valence-corrected chi connectivity index (χ1v) is 7.78. The highest BCUT2D eigenvalue weighted by atomic mass is 79.9. The Kier molecular flexibility index (Phi) is 5.38. The molecule has 2 rings (SSSR count). The Morgan fingerprint density at radius 1 is 1.55 bits per heavy atom. The van der Waals surface area contributed by atoms with E-state index in [4.69, 9.17) is 9.84 Å². The Hall–Kier alpha value is -1.12. The second-order valence-corrected chi connectivity index (χ2v) is 6.86. The monoisotopic (exact) mass is 362 g/mol. The van der Waals surface area contributed by atoms with Crippen molar-refractivity contribution in [1.82, 2.24) is 10.2 Å². The number of nitrogens with zero attached hydrogens (tertiary/aromatic N) is 1. The number of aliphatic carboxylic acids is 1. The lowest BCUT2D eigenvalue weighted by atomic mass is 10.2. The first-order valence-electron chi connectivity index (χ1n) is 6.17. The van der Waals surface area contributed by atoms with Crippen LogP contribution < -0.4 is 5.32 Å². The van der Waals surface area contributed by atoms with Gasteiger partial charge in [-0.2, -0.15) is 0 Å². The van der Waals surface area contributed by atoms with Crippen LogP contribution in [0.15, 0.2) is 15.9 Å². The topological polar surface area (TPSA) is 78.9 Å². The molecule has 0 bridgehead atoms. The summed E-state index contributed by atoms with van der Waals surface area (Å²) in [6.45, 7) is 1.19. The van der Waals surface area contributed by atoms with Gasteiger partial charge in [0.1, 0.15) is 0 Å². The summed E-state index contributed by atoms with van der Waals surface area (Å²) >= 11 is 5.00. The summed E-state index contributed by atoms with van der Waals surface area (Å²) in [5.74, 6) is -1.04. The van der Waals surface area contributed by atoms with Crippen molar-refractivity contribution in [1.29, 1.82) is 0 Å². The molecule has 1 fully saturated rings. The van der Waals surface area contributed by atoms with Crippen LogP contribution in [0.2, 0.25) is 0 Å². The number of urea groups is 1. The van der Waals surface area contributed by atoms with Gasteiger partial charge >= 0.3 is 12.0 Å². The third-order valence-corrected chi connectivity index (χ3v) is 4.63. The molecule has 0 spiro atoms. The number of carbonyl (C=O) groups excluding carboxylic acids is 1. The molecule has 0 aromatic carbocycles. The molecular weight excluding hydrogens is 348 g/mol. The lowest BCUT2D eigenvalue weighted by Crippen LogP contribution is -2.55. The summed E-state index contributed by atoms with van der Waals surface area (Å²) in [6, 6.07) is 2.70. The molecular formula is C12H15BrN2O4S. The predicted molar refractivity (Wildman–Crippen MR) is 78.1 cm³/mol. The third-order valence-electron chi connectivity index (χ3n) is 2.95. The summed E-state index contributed by atoms with van der Waals surface area (Å²) in [7, 11) is 0. The van der Waals surface area contributed by atoms with Gasteiger partial charge in [-0.3, -0.25) is 0 Å². The number of nitrogens with one attached hydrogen (secondary N) is 1. The second kappa shape index (κ2) is 7.05. The van der Waals surface area contributed by atoms with E-state index in [2.05, 4.69) is 21.2 Å². The van der Waals surface area contributed by atoms with Crippen LogP contribution in [0.5, 0.6) is 0 Å². The van der Waals surface area contributed by atoms with Crippen molar-refractivity contribution in [2.24, 2.45) is 0 Å². The van der Waals surface area contributed by atoms with Gasteiger partial charge in [-0.1, -0.05) is 0 Å². The average molecular weight is 363 g/mol. The molecule has 6 nitrogen and oxygen atoms in total. The van der Waals surface area contributed by atoms with E-state index in [1.165, 1.54) is 4.90 Å². The van der Waals surface area contributed by atoms with Crippen LogP contribution in [0.3, 0.4) is 0 Å². The summed E-state index contributed by atoms with van der Waals surface area (Å²) in [5, 5.41) is 11.8. The molecule has 0 aliphatic carbocycles. The van der Waals surface area contributed by atoms with E-state index < -0.39 is 12.0 Å².